The molecule has 36 heteroatoms. The number of Topliss-reactive ketones (excluding diaryl/α,β-unsaturated/α-hetero) is 5. The predicted octanol–water partition coefficient (Wildman–Crippen LogP) is 6.26. The lowest BCUT2D eigenvalue weighted by atomic mass is 9.92. The number of hydrogen-bond donors (Lipinski definition) is 11. The van der Waals surface area contributed by atoms with Crippen molar-refractivity contribution in [2.75, 3.05) is 29.0 Å². The van der Waals surface area contributed by atoms with Crippen LogP contribution in [0.2, 0.25) is 0 Å². The summed E-state index contributed by atoms with van der Waals surface area (Å²) in [5.74, 6) is -10.5. The maximum atomic E-state index is 13.1. The maximum Gasteiger partial charge on any atom is 0.335 e. The van der Waals surface area contributed by atoms with Gasteiger partial charge in [-0.1, -0.05) is 84.9 Å². The highest BCUT2D eigenvalue weighted by molar-refractivity contribution is 6.14. The number of anilines is 3. The van der Waals surface area contributed by atoms with Crippen LogP contribution in [-0.2, 0) is 125 Å². The number of nitrogens with two attached hydrogens (primary N) is 1. The third-order valence-corrected chi connectivity index (χ3v) is 19.8. The summed E-state index contributed by atoms with van der Waals surface area (Å²) in [6.45, 7) is 25.7. The van der Waals surface area contributed by atoms with Crippen LogP contribution in [0, 0.1) is 41.4 Å². The molecule has 3 aromatic carbocycles. The van der Waals surface area contributed by atoms with Crippen molar-refractivity contribution in [1.29, 1.82) is 0 Å². The Morgan fingerprint density at radius 3 is 1.07 bits per heavy atom. The standard InChI is InChI=1S/C30H40N4O8.C27H42N2O6.C23H35N3O5.C11H10N2O6/c1-18(2)15-24(33-26(38)13-14-34-27(39)11-12-28(34)40)30(42)31-20(4)25(37)16-22(8-5-19(3)36)29(41)32-23-9-6-21(17-35)7-10-23;1-17(2)14-18(3)25(33)28-19(4)23(31)15-21(10-13-24(32)35-27(5,6)7)26(34)29-22-11-8-20(16-30)9-12-22;1-14(2)11-20(24)23(31)25-16(4)21(29)12-18(8-5-15(3)28)22(30)26-19-9-6-17(13-27)7-10-19;14-7-1-2-8(15)12(7)6-5-11(18)19-13-9(16)3-4-10(13)17/h6-7,9-12,18,20,22,24,35H,5,8,13-17H2,1-4H3,(H,31,42)(H,32,41)(H,33,38);8-9,11-12,17-19,21,30H,10,13-16H2,1-7H3,(H,28,33)(H,29,34);6-7,9-10,14,16,18,20,27H,5,8,11-13,24H2,1-4H3,(H,25,31)(H,26,30);1-2H,3-6H2/t20-,22+,24+;18-,19+,21-;16-,18+,20+;/m010./s1. The fourth-order valence-corrected chi connectivity index (χ4v) is 12.6. The van der Waals surface area contributed by atoms with Gasteiger partial charge in [-0.3, -0.25) is 91.3 Å². The maximum absolute atomic E-state index is 13.1. The molecule has 0 unspecified atom stereocenters. The zero-order chi connectivity index (χ0) is 95.7. The van der Waals surface area contributed by atoms with E-state index in [1.54, 1.807) is 107 Å². The van der Waals surface area contributed by atoms with E-state index in [2.05, 4.69) is 42.1 Å². The topological polar surface area (TPSA) is 540 Å². The molecule has 0 aliphatic carbocycles. The molecule has 6 rings (SSSR count). The van der Waals surface area contributed by atoms with Gasteiger partial charge in [-0.2, -0.15) is 0 Å². The average molecular weight is 1780 g/mol. The van der Waals surface area contributed by atoms with Crippen molar-refractivity contribution in [3.05, 3.63) is 114 Å². The number of ether oxygens (including phenoxy) is 1. The Hall–Kier alpha value is -12.0. The third-order valence-electron chi connectivity index (χ3n) is 19.8. The molecule has 0 saturated carbocycles. The van der Waals surface area contributed by atoms with Gasteiger partial charge in [0.25, 0.3) is 35.4 Å². The molecule has 0 spiro atoms. The molecule has 1 saturated heterocycles. The van der Waals surface area contributed by atoms with Crippen LogP contribution in [0.15, 0.2) is 97.1 Å². The summed E-state index contributed by atoms with van der Waals surface area (Å²) in [4.78, 5) is 249. The number of amides is 13. The molecule has 0 bridgehead atoms. The fraction of sp³-hybridized carbons (Fsp3) is 0.538. The Morgan fingerprint density at radius 1 is 0.409 bits per heavy atom. The van der Waals surface area contributed by atoms with Gasteiger partial charge in [0.2, 0.25) is 41.4 Å². The number of aliphatic hydroxyl groups is 3. The van der Waals surface area contributed by atoms with Crippen molar-refractivity contribution in [2.24, 2.45) is 47.2 Å². The Morgan fingerprint density at radius 2 is 0.740 bits per heavy atom. The summed E-state index contributed by atoms with van der Waals surface area (Å²) in [6, 6.07) is 15.7. The highest BCUT2D eigenvalue weighted by atomic mass is 16.7. The van der Waals surface area contributed by atoms with Gasteiger partial charge in [-0.05, 0) is 165 Å². The number of hydrogen-bond acceptors (Lipinski definition) is 26. The van der Waals surface area contributed by atoms with Crippen molar-refractivity contribution in [1.82, 2.24) is 36.1 Å². The smallest absolute Gasteiger partial charge is 0.335 e. The first-order valence-corrected chi connectivity index (χ1v) is 42.4. The van der Waals surface area contributed by atoms with Crippen molar-refractivity contribution in [2.45, 2.75) is 262 Å². The number of nitrogens with one attached hydrogen (secondary N) is 7. The fourth-order valence-electron chi connectivity index (χ4n) is 12.6. The molecular formula is C91H127N11O25. The number of hydroxylamine groups is 2. The molecule has 36 nitrogen and oxygen atoms in total. The molecule has 3 aromatic rings. The molecule has 3 heterocycles. The van der Waals surface area contributed by atoms with Crippen molar-refractivity contribution in [3.63, 3.8) is 0 Å². The summed E-state index contributed by atoms with van der Waals surface area (Å²) < 4.78 is 5.34. The summed E-state index contributed by atoms with van der Waals surface area (Å²) in [7, 11) is 0. The van der Waals surface area contributed by atoms with Crippen LogP contribution in [0.1, 0.15) is 223 Å². The number of imide groups is 3. The number of rotatable bonds is 47. The zero-order valence-electron chi connectivity index (χ0n) is 75.3. The van der Waals surface area contributed by atoms with Crippen LogP contribution < -0.4 is 43.0 Å². The van der Waals surface area contributed by atoms with Crippen molar-refractivity contribution in [3.8, 4) is 0 Å². The predicted molar refractivity (Wildman–Crippen MR) is 466 cm³/mol. The molecule has 3 aliphatic rings. The van der Waals surface area contributed by atoms with Crippen LogP contribution in [-0.4, -0.2) is 197 Å². The van der Waals surface area contributed by atoms with E-state index in [-0.39, 0.29) is 176 Å². The van der Waals surface area contributed by atoms with Crippen LogP contribution in [0.3, 0.4) is 0 Å². The lowest BCUT2D eigenvalue weighted by Gasteiger charge is -2.24. The van der Waals surface area contributed by atoms with Crippen LogP contribution >= 0.6 is 0 Å². The summed E-state index contributed by atoms with van der Waals surface area (Å²) in [5, 5.41) is 46.8. The minimum absolute atomic E-state index is 0.0130. The zero-order valence-corrected chi connectivity index (χ0v) is 75.3. The molecule has 3 aliphatic heterocycles. The first-order valence-electron chi connectivity index (χ1n) is 42.4. The van der Waals surface area contributed by atoms with Gasteiger partial charge in [0.1, 0.15) is 23.2 Å². The minimum atomic E-state index is -0.980. The Kier molecular flexibility index (Phi) is 47.1. The van der Waals surface area contributed by atoms with Gasteiger partial charge >= 0.3 is 11.9 Å². The van der Waals surface area contributed by atoms with Crippen LogP contribution in [0.25, 0.3) is 0 Å². The van der Waals surface area contributed by atoms with Crippen molar-refractivity contribution >= 4 is 135 Å². The number of esters is 1. The number of nitrogens with zero attached hydrogens (tertiary/aromatic N) is 3. The van der Waals surface area contributed by atoms with Gasteiger partial charge in [0, 0.05) is 136 Å². The van der Waals surface area contributed by atoms with Gasteiger partial charge < -0.3 is 77.4 Å². The second-order valence-electron chi connectivity index (χ2n) is 33.8. The number of ketones is 5. The van der Waals surface area contributed by atoms with E-state index >= 15 is 0 Å². The second-order valence-corrected chi connectivity index (χ2v) is 33.8. The first kappa shape index (κ1) is 109. The Bertz CT molecular complexity index is 4370. The van der Waals surface area contributed by atoms with Gasteiger partial charge in [-0.25, -0.2) is 4.79 Å². The lowest BCUT2D eigenvalue weighted by Crippen LogP contribution is -2.51. The highest BCUT2D eigenvalue weighted by Gasteiger charge is 2.36. The summed E-state index contributed by atoms with van der Waals surface area (Å²) in [5.41, 5.74) is 8.82. The summed E-state index contributed by atoms with van der Waals surface area (Å²) >= 11 is 0. The van der Waals surface area contributed by atoms with E-state index in [1.165, 1.54) is 20.8 Å². The molecule has 127 heavy (non-hydrogen) atoms. The number of aliphatic hydroxyl groups excluding tert-OH is 3. The quantitative estimate of drug-likeness (QED) is 0.0219. The molecule has 9 atom stereocenters. The highest BCUT2D eigenvalue weighted by Crippen LogP contribution is 2.25. The number of benzene rings is 3. The average Bonchev–Trinajstić information content (AvgIpc) is 1.76. The second kappa shape index (κ2) is 54.8. The van der Waals surface area contributed by atoms with Gasteiger partial charge in [0.15, 0.2) is 17.3 Å². The van der Waals surface area contributed by atoms with E-state index < -0.39 is 136 Å². The van der Waals surface area contributed by atoms with E-state index in [9.17, 15) is 106 Å². The monoisotopic (exact) mass is 1770 g/mol. The van der Waals surface area contributed by atoms with Crippen LogP contribution in [0.4, 0.5) is 17.1 Å². The van der Waals surface area contributed by atoms with Crippen molar-refractivity contribution < 1.29 is 121 Å². The van der Waals surface area contributed by atoms with E-state index in [1.807, 2.05) is 48.5 Å². The van der Waals surface area contributed by atoms with Gasteiger partial charge in [-0.15, -0.1) is 5.06 Å². The van der Waals surface area contributed by atoms with E-state index in [0.29, 0.717) is 57.6 Å². The normalized spacial score (nSPS) is 15.0. The summed E-state index contributed by atoms with van der Waals surface area (Å²) in [6.07, 6.45) is 5.81. The Labute approximate surface area is 740 Å². The van der Waals surface area contributed by atoms with E-state index in [4.69, 9.17) is 15.6 Å². The Balaban J connectivity index is 0.000000450. The molecular weight excluding hydrogens is 1650 g/mol. The molecule has 12 N–H and O–H groups in total. The lowest BCUT2D eigenvalue weighted by molar-refractivity contribution is -0.197. The molecule has 13 amide bonds. The van der Waals surface area contributed by atoms with Gasteiger partial charge in [0.05, 0.1) is 50.4 Å². The molecule has 0 aromatic heterocycles. The largest absolute Gasteiger partial charge is 0.460 e. The first-order chi connectivity index (χ1) is 59.5. The molecule has 1 fully saturated rings. The van der Waals surface area contributed by atoms with E-state index in [0.717, 1.165) is 34.1 Å². The number of carbonyl (C=O) groups excluding carboxylic acids is 20. The van der Waals surface area contributed by atoms with Crippen LogP contribution in [0.5, 0.6) is 0 Å². The number of carbonyl (C=O) groups is 20. The molecule has 696 valence electrons. The molecule has 0 radical (unpaired) electrons. The third kappa shape index (κ3) is 41.8. The minimum Gasteiger partial charge on any atom is -0.460 e. The SMILES string of the molecule is CC(=O)CC[C@H](CC(=O)[C@H](C)NC(=O)[C@@H](CC(C)C)NC(=O)CCN1C(=O)C=CC1=O)C(=O)Nc1ccc(CO)cc1.CC(=O)CC[C@H](CC(=O)[C@H](C)NC(=O)[C@H](N)CC(C)C)C(=O)Nc1ccc(CO)cc1.CC(C)C[C@@H](C)C(=O)N[C@@H](C)C(=O)C[C@@H](CCC(=O)OC(C)(C)C)C(=O)Nc1ccc(CO)cc1.O=C(CCN1C(=O)C=CC1=O)ON1C(=O)CCC1=O.